The molecule has 2 heterocycles. The number of anilines is 1. The van der Waals surface area contributed by atoms with Gasteiger partial charge in [0, 0.05) is 32.3 Å². The maximum Gasteiger partial charge on any atom is 0.227 e. The summed E-state index contributed by atoms with van der Waals surface area (Å²) in [7, 11) is 1.82. The van der Waals surface area contributed by atoms with Crippen LogP contribution in [0.25, 0.3) is 0 Å². The highest BCUT2D eigenvalue weighted by Crippen LogP contribution is 2.31. The van der Waals surface area contributed by atoms with Gasteiger partial charge in [0.1, 0.15) is 11.6 Å². The maximum atomic E-state index is 14.1. The van der Waals surface area contributed by atoms with E-state index in [4.69, 9.17) is 0 Å². The molecule has 1 aliphatic heterocycles. The molecule has 0 radical (unpaired) electrons. The van der Waals surface area contributed by atoms with Crippen LogP contribution < -0.4 is 4.90 Å². The minimum Gasteiger partial charge on any atom is -0.309 e. The lowest BCUT2D eigenvalue weighted by Gasteiger charge is -2.30. The number of halogens is 2. The fraction of sp³-hybridized carbons (Fsp3) is 0.375. The standard InChI is InChI=1S/C16H17F2N3O/c1-20-10-11(9-19-20)4-5-15(22)21-6-2-3-12-7-13(17)8-14(18)16(12)21/h7-10H,2-6H2,1H3. The highest BCUT2D eigenvalue weighted by molar-refractivity contribution is 5.94. The third-order valence-corrected chi connectivity index (χ3v) is 3.89. The summed E-state index contributed by atoms with van der Waals surface area (Å²) in [6.07, 6.45) is 5.72. The number of carbonyl (C=O) groups is 1. The smallest absolute Gasteiger partial charge is 0.227 e. The van der Waals surface area contributed by atoms with Gasteiger partial charge in [-0.3, -0.25) is 9.48 Å². The van der Waals surface area contributed by atoms with Gasteiger partial charge in [0.25, 0.3) is 0 Å². The number of aryl methyl sites for hydroxylation is 3. The number of amides is 1. The fourth-order valence-corrected chi connectivity index (χ4v) is 2.89. The topological polar surface area (TPSA) is 38.1 Å². The second-order valence-corrected chi connectivity index (χ2v) is 5.57. The molecule has 0 N–H and O–H groups in total. The Morgan fingerprint density at radius 2 is 2.18 bits per heavy atom. The van der Waals surface area contributed by atoms with Crippen LogP contribution in [0.5, 0.6) is 0 Å². The van der Waals surface area contributed by atoms with E-state index in [9.17, 15) is 13.6 Å². The maximum absolute atomic E-state index is 14.1. The summed E-state index contributed by atoms with van der Waals surface area (Å²) in [6.45, 7) is 0.474. The van der Waals surface area contributed by atoms with Gasteiger partial charge >= 0.3 is 0 Å². The second-order valence-electron chi connectivity index (χ2n) is 5.57. The SMILES string of the molecule is Cn1cc(CCC(=O)N2CCCc3cc(F)cc(F)c32)cn1. The first-order valence-electron chi connectivity index (χ1n) is 7.30. The molecule has 1 aliphatic rings. The van der Waals surface area contributed by atoms with Crippen molar-refractivity contribution < 1.29 is 13.6 Å². The van der Waals surface area contributed by atoms with E-state index in [1.165, 1.54) is 11.0 Å². The van der Waals surface area contributed by atoms with Crippen molar-refractivity contribution in [3.8, 4) is 0 Å². The van der Waals surface area contributed by atoms with Crippen molar-refractivity contribution in [2.75, 3.05) is 11.4 Å². The van der Waals surface area contributed by atoms with Crippen LogP contribution in [-0.4, -0.2) is 22.2 Å². The van der Waals surface area contributed by atoms with Crippen LogP contribution in [0.2, 0.25) is 0 Å². The molecular weight excluding hydrogens is 288 g/mol. The first kappa shape index (κ1) is 14.7. The number of aromatic nitrogens is 2. The number of nitrogens with zero attached hydrogens (tertiary/aromatic N) is 3. The molecule has 1 amide bonds. The van der Waals surface area contributed by atoms with Gasteiger partial charge in [-0.25, -0.2) is 8.78 Å². The van der Waals surface area contributed by atoms with E-state index in [0.717, 1.165) is 11.6 Å². The summed E-state index contributed by atoms with van der Waals surface area (Å²) in [4.78, 5) is 13.9. The molecule has 1 aromatic carbocycles. The molecule has 0 unspecified atom stereocenters. The molecule has 0 atom stereocenters. The average Bonchev–Trinajstić information content (AvgIpc) is 2.89. The number of carbonyl (C=O) groups excluding carboxylic acids is 1. The van der Waals surface area contributed by atoms with Gasteiger partial charge in [-0.2, -0.15) is 5.10 Å². The molecule has 0 aliphatic carbocycles. The van der Waals surface area contributed by atoms with Gasteiger partial charge in [-0.05, 0) is 36.5 Å². The lowest BCUT2D eigenvalue weighted by Crippen LogP contribution is -2.36. The van der Waals surface area contributed by atoms with Crippen LogP contribution in [0.15, 0.2) is 24.5 Å². The highest BCUT2D eigenvalue weighted by Gasteiger charge is 2.26. The summed E-state index contributed by atoms with van der Waals surface area (Å²) < 4.78 is 29.0. The fourth-order valence-electron chi connectivity index (χ4n) is 2.89. The van der Waals surface area contributed by atoms with Crippen molar-refractivity contribution in [3.05, 3.63) is 47.3 Å². The molecule has 1 aromatic heterocycles. The largest absolute Gasteiger partial charge is 0.309 e. The number of hydrogen-bond acceptors (Lipinski definition) is 2. The molecule has 116 valence electrons. The number of benzene rings is 1. The molecular formula is C16H17F2N3O. The predicted octanol–water partition coefficient (Wildman–Crippen LogP) is 2.61. The van der Waals surface area contributed by atoms with E-state index >= 15 is 0 Å². The van der Waals surface area contributed by atoms with Crippen molar-refractivity contribution in [1.82, 2.24) is 9.78 Å². The van der Waals surface area contributed by atoms with E-state index in [1.54, 1.807) is 10.9 Å². The van der Waals surface area contributed by atoms with Crippen LogP contribution in [0.4, 0.5) is 14.5 Å². The zero-order chi connectivity index (χ0) is 15.7. The third-order valence-electron chi connectivity index (χ3n) is 3.89. The Hall–Kier alpha value is -2.24. The van der Waals surface area contributed by atoms with E-state index in [-0.39, 0.29) is 18.0 Å². The van der Waals surface area contributed by atoms with Gasteiger partial charge in [0.15, 0.2) is 0 Å². The Kier molecular flexibility index (Phi) is 3.92. The Morgan fingerprint density at radius 3 is 2.91 bits per heavy atom. The third kappa shape index (κ3) is 2.86. The predicted molar refractivity (Wildman–Crippen MR) is 78.6 cm³/mol. The van der Waals surface area contributed by atoms with Crippen molar-refractivity contribution in [3.63, 3.8) is 0 Å². The van der Waals surface area contributed by atoms with Crippen LogP contribution >= 0.6 is 0 Å². The summed E-state index contributed by atoms with van der Waals surface area (Å²) >= 11 is 0. The van der Waals surface area contributed by atoms with Gasteiger partial charge in [-0.1, -0.05) is 0 Å². The Balaban J connectivity index is 1.77. The molecule has 3 rings (SSSR count). The Morgan fingerprint density at radius 1 is 1.36 bits per heavy atom. The minimum atomic E-state index is -0.663. The van der Waals surface area contributed by atoms with Crippen molar-refractivity contribution in [2.45, 2.75) is 25.7 Å². The molecule has 22 heavy (non-hydrogen) atoms. The van der Waals surface area contributed by atoms with Crippen molar-refractivity contribution >= 4 is 11.6 Å². The van der Waals surface area contributed by atoms with Crippen LogP contribution in [0, 0.1) is 11.6 Å². The number of fused-ring (bicyclic) bond motifs is 1. The van der Waals surface area contributed by atoms with Crippen molar-refractivity contribution in [2.24, 2.45) is 7.05 Å². The first-order valence-corrected chi connectivity index (χ1v) is 7.30. The quantitative estimate of drug-likeness (QED) is 0.874. The zero-order valence-corrected chi connectivity index (χ0v) is 12.4. The summed E-state index contributed by atoms with van der Waals surface area (Å²) in [5.74, 6) is -1.40. The average molecular weight is 305 g/mol. The van der Waals surface area contributed by atoms with Crippen LogP contribution in [-0.2, 0) is 24.7 Å². The molecule has 0 fully saturated rings. The molecule has 2 aromatic rings. The van der Waals surface area contributed by atoms with E-state index in [1.807, 2.05) is 13.2 Å². The van der Waals surface area contributed by atoms with Gasteiger partial charge in [0.05, 0.1) is 11.9 Å². The first-order chi connectivity index (χ1) is 10.5. The van der Waals surface area contributed by atoms with Crippen molar-refractivity contribution in [1.29, 1.82) is 0 Å². The second kappa shape index (κ2) is 5.87. The van der Waals surface area contributed by atoms with E-state index < -0.39 is 11.6 Å². The molecule has 0 saturated heterocycles. The highest BCUT2D eigenvalue weighted by atomic mass is 19.1. The molecule has 6 heteroatoms. The zero-order valence-electron chi connectivity index (χ0n) is 12.4. The van der Waals surface area contributed by atoms with Crippen LogP contribution in [0.1, 0.15) is 24.0 Å². The van der Waals surface area contributed by atoms with Gasteiger partial charge in [-0.15, -0.1) is 0 Å². The lowest BCUT2D eigenvalue weighted by molar-refractivity contribution is -0.118. The molecule has 4 nitrogen and oxygen atoms in total. The van der Waals surface area contributed by atoms with Gasteiger partial charge < -0.3 is 4.90 Å². The normalized spacial score (nSPS) is 14.0. The molecule has 0 bridgehead atoms. The Bertz CT molecular complexity index is 711. The van der Waals surface area contributed by atoms with Gasteiger partial charge in [0.2, 0.25) is 5.91 Å². The minimum absolute atomic E-state index is 0.143. The summed E-state index contributed by atoms with van der Waals surface area (Å²) in [5, 5.41) is 4.06. The van der Waals surface area contributed by atoms with E-state index in [0.29, 0.717) is 31.4 Å². The van der Waals surface area contributed by atoms with E-state index in [2.05, 4.69) is 5.10 Å². The number of rotatable bonds is 3. The summed E-state index contributed by atoms with van der Waals surface area (Å²) in [5.41, 5.74) is 1.77. The Labute approximate surface area is 127 Å². The molecule has 0 spiro atoms. The summed E-state index contributed by atoms with van der Waals surface area (Å²) in [6, 6.07) is 2.16. The number of hydrogen-bond donors (Lipinski definition) is 0. The van der Waals surface area contributed by atoms with Crippen LogP contribution in [0.3, 0.4) is 0 Å². The molecule has 0 saturated carbocycles. The lowest BCUT2D eigenvalue weighted by atomic mass is 10.00. The monoisotopic (exact) mass is 305 g/mol.